The second kappa shape index (κ2) is 7.76. The van der Waals surface area contributed by atoms with Crippen molar-refractivity contribution in [2.24, 2.45) is 5.92 Å². The lowest BCUT2D eigenvalue weighted by Gasteiger charge is -2.31. The molecule has 1 aromatic rings. The van der Waals surface area contributed by atoms with Gasteiger partial charge < -0.3 is 10.2 Å². The van der Waals surface area contributed by atoms with Gasteiger partial charge in [-0.2, -0.15) is 0 Å². The Hall–Kier alpha value is -1.57. The Morgan fingerprint density at radius 3 is 2.40 bits per heavy atom. The molecule has 0 fully saturated rings. The number of aromatic hydroxyl groups is 2. The highest BCUT2D eigenvalue weighted by Crippen LogP contribution is 2.46. The number of phenolic OH excluding ortho intramolecular Hbond substituents is 2. The average molecular weight is 338 g/mol. The number of rotatable bonds is 6. The number of aryl methyl sites for hydroxylation is 1. The molecule has 25 heavy (non-hydrogen) atoms. The third-order valence-electron chi connectivity index (χ3n) is 5.96. The van der Waals surface area contributed by atoms with Crippen LogP contribution in [0.3, 0.4) is 0 Å². The van der Waals surface area contributed by atoms with Gasteiger partial charge in [-0.15, -0.1) is 0 Å². The molecule has 1 aliphatic rings. The van der Waals surface area contributed by atoms with Gasteiger partial charge in [0.25, 0.3) is 0 Å². The van der Waals surface area contributed by atoms with E-state index in [1.165, 1.54) is 5.57 Å². The number of hydrogen-bond donors (Lipinski definition) is 2. The summed E-state index contributed by atoms with van der Waals surface area (Å²) in [6.07, 6.45) is 7.30. The van der Waals surface area contributed by atoms with Crippen molar-refractivity contribution in [2.45, 2.75) is 64.0 Å². The standard InChI is InChI=1S/C21H32B2O2/c1-5-21(22,23)9-8-15-11-18(24)20(19(25)12-15)17-10-14(4)6-7-16(17)13(2)3/h10-12,16-17,24-25H,2,5-9,22-23H2,1,3-4H3. The molecule has 4 heteroatoms. The van der Waals surface area contributed by atoms with E-state index in [4.69, 9.17) is 0 Å². The van der Waals surface area contributed by atoms with Gasteiger partial charge in [0.15, 0.2) is 0 Å². The van der Waals surface area contributed by atoms with Crippen LogP contribution in [0.5, 0.6) is 11.5 Å². The van der Waals surface area contributed by atoms with E-state index in [2.05, 4.69) is 42.2 Å². The third-order valence-corrected chi connectivity index (χ3v) is 5.96. The lowest BCUT2D eigenvalue weighted by Crippen LogP contribution is -2.17. The first kappa shape index (κ1) is 19.8. The molecule has 0 aliphatic heterocycles. The van der Waals surface area contributed by atoms with Crippen molar-refractivity contribution in [3.8, 4) is 11.5 Å². The van der Waals surface area contributed by atoms with Crippen LogP contribution in [-0.4, -0.2) is 25.9 Å². The van der Waals surface area contributed by atoms with Crippen molar-refractivity contribution in [2.75, 3.05) is 0 Å². The highest BCUT2D eigenvalue weighted by atomic mass is 16.3. The summed E-state index contributed by atoms with van der Waals surface area (Å²) in [5.41, 5.74) is 4.09. The van der Waals surface area contributed by atoms with Crippen LogP contribution < -0.4 is 0 Å². The monoisotopic (exact) mass is 338 g/mol. The summed E-state index contributed by atoms with van der Waals surface area (Å²) in [5.74, 6) is 0.704. The van der Waals surface area contributed by atoms with Crippen molar-refractivity contribution in [1.29, 1.82) is 0 Å². The minimum absolute atomic E-state index is 0.00684. The molecule has 0 amide bonds. The van der Waals surface area contributed by atoms with Crippen LogP contribution in [0, 0.1) is 5.92 Å². The van der Waals surface area contributed by atoms with Crippen molar-refractivity contribution in [1.82, 2.24) is 0 Å². The van der Waals surface area contributed by atoms with Gasteiger partial charge in [-0.25, -0.2) is 0 Å². The quantitative estimate of drug-likeness (QED) is 0.611. The Kier molecular flexibility index (Phi) is 6.13. The fourth-order valence-electron chi connectivity index (χ4n) is 3.73. The average Bonchev–Trinajstić information content (AvgIpc) is 2.52. The maximum atomic E-state index is 10.7. The Morgan fingerprint density at radius 1 is 1.28 bits per heavy atom. The van der Waals surface area contributed by atoms with Gasteiger partial charge in [-0.05, 0) is 56.7 Å². The molecular formula is C21H32B2O2. The van der Waals surface area contributed by atoms with Crippen molar-refractivity contribution in [3.63, 3.8) is 0 Å². The van der Waals surface area contributed by atoms with Crippen LogP contribution in [0.25, 0.3) is 0 Å². The summed E-state index contributed by atoms with van der Waals surface area (Å²) in [4.78, 5) is 0. The van der Waals surface area contributed by atoms with Crippen LogP contribution in [-0.2, 0) is 6.42 Å². The molecule has 0 bridgehead atoms. The number of hydrogen-bond acceptors (Lipinski definition) is 2. The Labute approximate surface area is 154 Å². The van der Waals surface area contributed by atoms with E-state index in [1.54, 1.807) is 0 Å². The lowest BCUT2D eigenvalue weighted by atomic mass is 9.51. The third kappa shape index (κ3) is 4.74. The highest BCUT2D eigenvalue weighted by molar-refractivity contribution is 6.39. The molecule has 0 heterocycles. The van der Waals surface area contributed by atoms with E-state index in [0.717, 1.165) is 43.2 Å². The summed E-state index contributed by atoms with van der Waals surface area (Å²) < 4.78 is 0. The maximum Gasteiger partial charge on any atom is 0.123 e. The van der Waals surface area contributed by atoms with E-state index in [-0.39, 0.29) is 28.5 Å². The van der Waals surface area contributed by atoms with Gasteiger partial charge in [0, 0.05) is 11.5 Å². The normalized spacial score (nSPS) is 21.0. The van der Waals surface area contributed by atoms with Gasteiger partial charge in [0.1, 0.15) is 11.5 Å². The zero-order valence-corrected chi connectivity index (χ0v) is 16.5. The summed E-state index contributed by atoms with van der Waals surface area (Å²) >= 11 is 0. The molecule has 1 aliphatic carbocycles. The molecule has 134 valence electrons. The van der Waals surface area contributed by atoms with Crippen LogP contribution in [0.15, 0.2) is 35.9 Å². The molecule has 2 rings (SSSR count). The van der Waals surface area contributed by atoms with Crippen molar-refractivity contribution < 1.29 is 10.2 Å². The predicted molar refractivity (Wildman–Crippen MR) is 112 cm³/mol. The Balaban J connectivity index is 2.33. The fraction of sp³-hybridized carbons (Fsp3) is 0.524. The predicted octanol–water partition coefficient (Wildman–Crippen LogP) is 3.84. The lowest BCUT2D eigenvalue weighted by molar-refractivity contribution is 0.406. The second-order valence-electron chi connectivity index (χ2n) is 8.60. The van der Waals surface area contributed by atoms with Gasteiger partial charge in [-0.3, -0.25) is 0 Å². The molecule has 0 saturated carbocycles. The van der Waals surface area contributed by atoms with E-state index < -0.39 is 0 Å². The molecular weight excluding hydrogens is 306 g/mol. The van der Waals surface area contributed by atoms with E-state index >= 15 is 0 Å². The van der Waals surface area contributed by atoms with Crippen molar-refractivity contribution in [3.05, 3.63) is 47.1 Å². The summed E-state index contributed by atoms with van der Waals surface area (Å²) in [7, 11) is 4.52. The number of benzene rings is 1. The first-order chi connectivity index (χ1) is 11.6. The van der Waals surface area contributed by atoms with Gasteiger partial charge >= 0.3 is 0 Å². The fourth-order valence-corrected chi connectivity index (χ4v) is 3.73. The Morgan fingerprint density at radius 2 is 1.88 bits per heavy atom. The summed E-state index contributed by atoms with van der Waals surface area (Å²) in [6, 6.07) is 3.68. The van der Waals surface area contributed by atoms with E-state index in [1.807, 2.05) is 19.1 Å². The molecule has 2 N–H and O–H groups in total. The molecule has 0 radical (unpaired) electrons. The van der Waals surface area contributed by atoms with Crippen LogP contribution in [0.4, 0.5) is 0 Å². The first-order valence-electron chi connectivity index (χ1n) is 9.52. The molecule has 1 aromatic carbocycles. The largest absolute Gasteiger partial charge is 0.507 e. The van der Waals surface area contributed by atoms with Crippen LogP contribution in [0.1, 0.15) is 63.5 Å². The van der Waals surface area contributed by atoms with E-state index in [0.29, 0.717) is 5.56 Å². The SMILES string of the molecule is BC(B)(CC)CCc1cc(O)c(C2C=C(C)CCC2C(=C)C)c(O)c1. The molecule has 2 atom stereocenters. The number of phenols is 2. The summed E-state index contributed by atoms with van der Waals surface area (Å²) in [5, 5.41) is 21.6. The molecule has 2 unspecified atom stereocenters. The summed E-state index contributed by atoms with van der Waals surface area (Å²) in [6.45, 7) is 10.5. The molecule has 0 spiro atoms. The first-order valence-corrected chi connectivity index (χ1v) is 9.52. The van der Waals surface area contributed by atoms with Gasteiger partial charge in [0.05, 0.1) is 15.7 Å². The van der Waals surface area contributed by atoms with Gasteiger partial charge in [-0.1, -0.05) is 48.8 Å². The molecule has 0 aromatic heterocycles. The smallest absolute Gasteiger partial charge is 0.123 e. The van der Waals surface area contributed by atoms with E-state index in [9.17, 15) is 10.2 Å². The van der Waals surface area contributed by atoms with Crippen LogP contribution >= 0.6 is 0 Å². The maximum absolute atomic E-state index is 10.7. The highest BCUT2D eigenvalue weighted by Gasteiger charge is 2.30. The minimum atomic E-state index is 0.00684. The number of allylic oxidation sites excluding steroid dienone is 3. The second-order valence-corrected chi connectivity index (χ2v) is 8.60. The van der Waals surface area contributed by atoms with Crippen molar-refractivity contribution >= 4 is 15.7 Å². The zero-order valence-electron chi connectivity index (χ0n) is 16.5. The topological polar surface area (TPSA) is 40.5 Å². The molecule has 0 saturated heterocycles. The van der Waals surface area contributed by atoms with Gasteiger partial charge in [0.2, 0.25) is 0 Å². The molecule has 2 nitrogen and oxygen atoms in total. The van der Waals surface area contributed by atoms with Crippen LogP contribution in [0.2, 0.25) is 5.21 Å². The zero-order chi connectivity index (χ0) is 18.8. The Bertz CT molecular complexity index is 653. The minimum Gasteiger partial charge on any atom is -0.507 e.